The fourth-order valence-corrected chi connectivity index (χ4v) is 5.95. The van der Waals surface area contributed by atoms with E-state index in [0.717, 1.165) is 27.3 Å². The minimum absolute atomic E-state index is 0.0813. The van der Waals surface area contributed by atoms with Gasteiger partial charge >= 0.3 is 12.2 Å². The van der Waals surface area contributed by atoms with Gasteiger partial charge in [0, 0.05) is 26.7 Å². The molecule has 10 nitrogen and oxygen atoms in total. The van der Waals surface area contributed by atoms with Crippen molar-refractivity contribution >= 4 is 34.8 Å². The molecule has 0 saturated carbocycles. The summed E-state index contributed by atoms with van der Waals surface area (Å²) >= 11 is 0. The Kier molecular flexibility index (Phi) is 7.89. The molecule has 0 aliphatic carbocycles. The van der Waals surface area contributed by atoms with E-state index >= 15 is 0 Å². The van der Waals surface area contributed by atoms with Gasteiger partial charge in [-0.05, 0) is 61.6 Å². The molecular weight excluding hydrogens is 584 g/mol. The van der Waals surface area contributed by atoms with Gasteiger partial charge in [0.1, 0.15) is 23.2 Å². The Morgan fingerprint density at radius 1 is 1.09 bits per heavy atom. The Morgan fingerprint density at radius 3 is 2.41 bits per heavy atom. The molecule has 2 aliphatic heterocycles. The third kappa shape index (κ3) is 5.48. The summed E-state index contributed by atoms with van der Waals surface area (Å²) in [7, 11) is 1.42. The lowest BCUT2D eigenvalue weighted by Gasteiger charge is -2.43. The lowest BCUT2D eigenvalue weighted by atomic mass is 9.85. The number of alkyl halides is 3. The maximum atomic E-state index is 14.4. The smallest absolute Gasteiger partial charge is 0.342 e. The summed E-state index contributed by atoms with van der Waals surface area (Å²) in [5, 5.41) is 2.41. The number of H-pyrrole nitrogens is 1. The number of fused-ring (bicyclic) bond motifs is 1. The van der Waals surface area contributed by atoms with Gasteiger partial charge in [0.25, 0.3) is 11.8 Å². The molecule has 1 spiro atoms. The normalized spacial score (nSPS) is 17.7. The summed E-state index contributed by atoms with van der Waals surface area (Å²) in [6.07, 6.45) is -4.51. The van der Waals surface area contributed by atoms with Crippen molar-refractivity contribution in [2.75, 3.05) is 20.1 Å². The SMILES string of the molecule is Cc1nc2ccc(CN3C(=O)N(C)C(=O)C34CCN(C(=O)[C@H](NC(=O)c3cc(C(F)(F)F)ccc3F)C(C)C)CC4)cc2[nH]1. The highest BCUT2D eigenvalue weighted by Crippen LogP contribution is 2.38. The van der Waals surface area contributed by atoms with Crippen LogP contribution < -0.4 is 5.32 Å². The summed E-state index contributed by atoms with van der Waals surface area (Å²) in [5.41, 5.74) is -0.834. The van der Waals surface area contributed by atoms with Crippen molar-refractivity contribution in [3.63, 3.8) is 0 Å². The van der Waals surface area contributed by atoms with Gasteiger partial charge < -0.3 is 20.1 Å². The average Bonchev–Trinajstić information content (AvgIpc) is 3.42. The molecule has 44 heavy (non-hydrogen) atoms. The molecule has 1 aromatic heterocycles. The number of urea groups is 1. The number of imidazole rings is 1. The van der Waals surface area contributed by atoms with Crippen LogP contribution in [-0.4, -0.2) is 80.1 Å². The van der Waals surface area contributed by atoms with Gasteiger partial charge in [0.2, 0.25) is 5.91 Å². The maximum absolute atomic E-state index is 14.4. The summed E-state index contributed by atoms with van der Waals surface area (Å²) < 4.78 is 53.9. The lowest BCUT2D eigenvalue weighted by molar-refractivity contribution is -0.142. The van der Waals surface area contributed by atoms with E-state index in [0.29, 0.717) is 18.2 Å². The Balaban J connectivity index is 1.32. The lowest BCUT2D eigenvalue weighted by Crippen LogP contribution is -2.60. The van der Waals surface area contributed by atoms with Crippen LogP contribution in [0.4, 0.5) is 22.4 Å². The Hall–Kier alpha value is -4.49. The Bertz CT molecular complexity index is 1640. The van der Waals surface area contributed by atoms with Gasteiger partial charge in [0.15, 0.2) is 0 Å². The first-order valence-corrected chi connectivity index (χ1v) is 14.1. The number of aryl methyl sites for hydroxylation is 1. The molecule has 0 bridgehead atoms. The van der Waals surface area contributed by atoms with E-state index in [2.05, 4.69) is 15.3 Å². The number of carbonyl (C=O) groups is 4. The third-order valence-electron chi connectivity index (χ3n) is 8.40. The molecule has 2 aromatic carbocycles. The minimum Gasteiger partial charge on any atom is -0.342 e. The molecule has 2 fully saturated rings. The number of likely N-dealkylation sites (N-methyl/N-ethyl adjacent to an activating group) is 1. The van der Waals surface area contributed by atoms with Crippen molar-refractivity contribution in [2.24, 2.45) is 5.92 Å². The zero-order valence-corrected chi connectivity index (χ0v) is 24.6. The number of aromatic amines is 1. The number of aromatic nitrogens is 2. The van der Waals surface area contributed by atoms with Crippen molar-refractivity contribution in [1.29, 1.82) is 0 Å². The van der Waals surface area contributed by atoms with E-state index in [4.69, 9.17) is 0 Å². The van der Waals surface area contributed by atoms with Gasteiger partial charge in [-0.2, -0.15) is 13.2 Å². The number of rotatable bonds is 6. The molecule has 2 N–H and O–H groups in total. The maximum Gasteiger partial charge on any atom is 0.416 e. The van der Waals surface area contributed by atoms with Gasteiger partial charge in [-0.3, -0.25) is 19.3 Å². The van der Waals surface area contributed by atoms with Crippen LogP contribution in [-0.2, 0) is 22.3 Å². The molecule has 1 atom stereocenters. The number of hydrogen-bond acceptors (Lipinski definition) is 5. The number of likely N-dealkylation sites (tertiary alicyclic amines) is 1. The molecule has 0 radical (unpaired) electrons. The molecule has 3 heterocycles. The highest BCUT2D eigenvalue weighted by Gasteiger charge is 2.57. The van der Waals surface area contributed by atoms with Crippen molar-refractivity contribution in [3.8, 4) is 0 Å². The number of halogens is 4. The molecular formula is C30H32F4N6O4. The van der Waals surface area contributed by atoms with Crippen molar-refractivity contribution in [1.82, 2.24) is 30.0 Å². The van der Waals surface area contributed by atoms with Crippen molar-refractivity contribution < 1.29 is 36.7 Å². The van der Waals surface area contributed by atoms with Crippen LogP contribution in [0.25, 0.3) is 11.0 Å². The van der Waals surface area contributed by atoms with Crippen LogP contribution in [0.2, 0.25) is 0 Å². The number of carbonyl (C=O) groups excluding carboxylic acids is 4. The number of nitrogens with one attached hydrogen (secondary N) is 2. The topological polar surface area (TPSA) is 119 Å². The first-order valence-electron chi connectivity index (χ1n) is 14.1. The van der Waals surface area contributed by atoms with Crippen LogP contribution in [0.3, 0.4) is 0 Å². The number of nitrogens with zero attached hydrogens (tertiary/aromatic N) is 4. The van der Waals surface area contributed by atoms with Crippen LogP contribution in [0.5, 0.6) is 0 Å². The summed E-state index contributed by atoms with van der Waals surface area (Å²) in [5.74, 6) is -2.94. The number of piperidine rings is 1. The molecule has 2 saturated heterocycles. The molecule has 0 unspecified atom stereocenters. The molecule has 3 aromatic rings. The first-order chi connectivity index (χ1) is 20.6. The van der Waals surface area contributed by atoms with Gasteiger partial charge in [-0.25, -0.2) is 14.2 Å². The molecule has 5 rings (SSSR count). The van der Waals surface area contributed by atoms with Gasteiger partial charge in [-0.15, -0.1) is 0 Å². The van der Waals surface area contributed by atoms with Crippen molar-refractivity contribution in [2.45, 2.75) is 57.9 Å². The van der Waals surface area contributed by atoms with Gasteiger partial charge in [-0.1, -0.05) is 19.9 Å². The first kappa shape index (κ1) is 31.0. The fraction of sp³-hybridized carbons (Fsp3) is 0.433. The van der Waals surface area contributed by atoms with E-state index < -0.39 is 58.5 Å². The monoisotopic (exact) mass is 616 g/mol. The van der Waals surface area contributed by atoms with Crippen LogP contribution >= 0.6 is 0 Å². The Morgan fingerprint density at radius 2 is 1.77 bits per heavy atom. The predicted octanol–water partition coefficient (Wildman–Crippen LogP) is 4.24. The molecule has 234 valence electrons. The second-order valence-electron chi connectivity index (χ2n) is 11.7. The predicted molar refractivity (Wildman–Crippen MR) is 151 cm³/mol. The van der Waals surface area contributed by atoms with E-state index in [-0.39, 0.29) is 38.4 Å². The second kappa shape index (κ2) is 11.2. The number of imide groups is 1. The van der Waals surface area contributed by atoms with E-state index in [9.17, 15) is 36.7 Å². The summed E-state index contributed by atoms with van der Waals surface area (Å²) in [6.45, 7) is 5.44. The van der Waals surface area contributed by atoms with Crippen molar-refractivity contribution in [3.05, 3.63) is 64.7 Å². The molecule has 14 heteroatoms. The standard InChI is InChI=1S/C30H32F4N6O4/c1-16(2)24(37-25(41)20-14-19(30(32,33)34)6-7-21(20)31)26(42)39-11-9-29(10-12-39)27(43)38(4)28(44)40(29)15-18-5-8-22-23(13-18)36-17(3)35-22/h5-8,13-14,16,24H,9-12,15H2,1-4H3,(H,35,36)(H,37,41)/t24-/m1/s1. The van der Waals surface area contributed by atoms with Crippen LogP contribution in [0.15, 0.2) is 36.4 Å². The van der Waals surface area contributed by atoms with E-state index in [1.807, 2.05) is 25.1 Å². The largest absolute Gasteiger partial charge is 0.416 e. The minimum atomic E-state index is -4.79. The summed E-state index contributed by atoms with van der Waals surface area (Å²) in [4.78, 5) is 64.7. The average molecular weight is 617 g/mol. The Labute approximate surface area is 250 Å². The van der Waals surface area contributed by atoms with Gasteiger partial charge in [0.05, 0.1) is 22.2 Å². The summed E-state index contributed by atoms with van der Waals surface area (Å²) in [6, 6.07) is 5.43. The van der Waals surface area contributed by atoms with Crippen LogP contribution in [0.1, 0.15) is 54.0 Å². The van der Waals surface area contributed by atoms with E-state index in [1.54, 1.807) is 13.8 Å². The highest BCUT2D eigenvalue weighted by atomic mass is 19.4. The fourth-order valence-electron chi connectivity index (χ4n) is 5.95. The van der Waals surface area contributed by atoms with E-state index in [1.165, 1.54) is 16.8 Å². The molecule has 5 amide bonds. The second-order valence-corrected chi connectivity index (χ2v) is 11.7. The number of benzene rings is 2. The number of hydrogen-bond donors (Lipinski definition) is 2. The number of amides is 5. The third-order valence-corrected chi connectivity index (χ3v) is 8.40. The zero-order valence-electron chi connectivity index (χ0n) is 24.6. The highest BCUT2D eigenvalue weighted by molar-refractivity contribution is 6.07. The van der Waals surface area contributed by atoms with Crippen LogP contribution in [0, 0.1) is 18.7 Å². The zero-order chi connectivity index (χ0) is 32.1. The molecule has 2 aliphatic rings. The quantitative estimate of drug-likeness (QED) is 0.317.